The van der Waals surface area contributed by atoms with Crippen LogP contribution >= 0.6 is 11.8 Å². The van der Waals surface area contributed by atoms with Crippen LogP contribution in [-0.4, -0.2) is 16.6 Å². The Balaban J connectivity index is 2.05. The van der Waals surface area contributed by atoms with E-state index in [2.05, 4.69) is 5.32 Å². The molecule has 0 saturated carbocycles. The van der Waals surface area contributed by atoms with Gasteiger partial charge in [-0.2, -0.15) is 0 Å². The van der Waals surface area contributed by atoms with Gasteiger partial charge in [0.25, 0.3) is 5.69 Å². The predicted octanol–water partition coefficient (Wildman–Crippen LogP) is 3.91. The molecule has 120 valence electrons. The van der Waals surface area contributed by atoms with Gasteiger partial charge in [0.2, 0.25) is 5.91 Å². The first-order valence-corrected chi connectivity index (χ1v) is 7.48. The Kier molecular flexibility index (Phi) is 5.28. The van der Waals surface area contributed by atoms with Crippen molar-refractivity contribution in [2.75, 3.05) is 11.1 Å². The number of benzene rings is 2. The number of halogens is 2. The molecule has 0 bridgehead atoms. The highest BCUT2D eigenvalue weighted by Gasteiger charge is 2.17. The molecule has 0 fully saturated rings. The number of nitrogens with zero attached hydrogens (tertiary/aromatic N) is 1. The van der Waals surface area contributed by atoms with Crippen molar-refractivity contribution >= 4 is 29.0 Å². The molecule has 5 nitrogen and oxygen atoms in total. The normalized spacial score (nSPS) is 10.4. The van der Waals surface area contributed by atoms with E-state index in [-0.39, 0.29) is 17.1 Å². The van der Waals surface area contributed by atoms with Crippen LogP contribution in [0.4, 0.5) is 20.2 Å². The number of carbonyl (C=O) groups is 1. The number of thioether (sulfide) groups is 1. The summed E-state index contributed by atoms with van der Waals surface area (Å²) >= 11 is 1.00. The van der Waals surface area contributed by atoms with Gasteiger partial charge in [0.1, 0.15) is 5.69 Å². The molecule has 1 amide bonds. The van der Waals surface area contributed by atoms with Gasteiger partial charge in [0, 0.05) is 11.0 Å². The van der Waals surface area contributed by atoms with E-state index < -0.39 is 22.5 Å². The van der Waals surface area contributed by atoms with Crippen molar-refractivity contribution in [3.63, 3.8) is 0 Å². The number of amides is 1. The van der Waals surface area contributed by atoms with E-state index in [0.29, 0.717) is 10.5 Å². The molecule has 8 heteroatoms. The quantitative estimate of drug-likeness (QED) is 0.510. The number of carbonyl (C=O) groups excluding carboxylic acids is 1. The zero-order chi connectivity index (χ0) is 17.0. The molecule has 2 aromatic carbocycles. The lowest BCUT2D eigenvalue weighted by Crippen LogP contribution is -2.16. The average molecular weight is 338 g/mol. The minimum Gasteiger partial charge on any atom is -0.319 e. The second kappa shape index (κ2) is 7.19. The Morgan fingerprint density at radius 2 is 2.00 bits per heavy atom. The molecular formula is C15H12F2N2O3S. The molecule has 0 aliphatic heterocycles. The van der Waals surface area contributed by atoms with Gasteiger partial charge in [-0.3, -0.25) is 14.9 Å². The van der Waals surface area contributed by atoms with E-state index in [1.165, 1.54) is 18.2 Å². The minimum atomic E-state index is -0.995. The zero-order valence-corrected chi connectivity index (χ0v) is 12.8. The van der Waals surface area contributed by atoms with Gasteiger partial charge in [0.05, 0.1) is 10.7 Å². The third-order valence-corrected chi connectivity index (χ3v) is 3.97. The summed E-state index contributed by atoms with van der Waals surface area (Å²) in [5, 5.41) is 13.5. The van der Waals surface area contributed by atoms with Crippen LogP contribution in [0.3, 0.4) is 0 Å². The number of hydrogen-bond acceptors (Lipinski definition) is 4. The molecule has 0 saturated heterocycles. The summed E-state index contributed by atoms with van der Waals surface area (Å²) in [4.78, 5) is 22.7. The molecule has 0 heterocycles. The van der Waals surface area contributed by atoms with Gasteiger partial charge in [-0.25, -0.2) is 8.78 Å². The number of nitrogens with one attached hydrogen (secondary N) is 1. The summed E-state index contributed by atoms with van der Waals surface area (Å²) in [5.41, 5.74) is 0.495. The molecule has 2 rings (SSSR count). The number of anilines is 1. The van der Waals surface area contributed by atoms with Gasteiger partial charge in [-0.05, 0) is 30.7 Å². The fourth-order valence-corrected chi connectivity index (χ4v) is 2.58. The van der Waals surface area contributed by atoms with E-state index in [9.17, 15) is 23.7 Å². The molecule has 0 atom stereocenters. The van der Waals surface area contributed by atoms with E-state index in [1.807, 2.05) is 0 Å². The minimum absolute atomic E-state index is 0.0867. The van der Waals surface area contributed by atoms with E-state index in [0.717, 1.165) is 23.9 Å². The zero-order valence-electron chi connectivity index (χ0n) is 12.0. The second-order valence-electron chi connectivity index (χ2n) is 4.64. The predicted molar refractivity (Wildman–Crippen MR) is 83.5 cm³/mol. The third kappa shape index (κ3) is 4.26. The van der Waals surface area contributed by atoms with Crippen LogP contribution in [-0.2, 0) is 4.79 Å². The SMILES string of the molecule is Cc1cccc([N+](=O)[O-])c1NC(=O)CSc1ccc(F)c(F)c1. The van der Waals surface area contributed by atoms with Crippen molar-refractivity contribution in [3.8, 4) is 0 Å². The topological polar surface area (TPSA) is 72.2 Å². The molecule has 0 aliphatic carbocycles. The summed E-state index contributed by atoms with van der Waals surface area (Å²) in [7, 11) is 0. The first-order chi connectivity index (χ1) is 10.9. The monoisotopic (exact) mass is 338 g/mol. The summed E-state index contributed by atoms with van der Waals surface area (Å²) in [6.45, 7) is 1.64. The Bertz CT molecular complexity index is 768. The molecule has 0 unspecified atom stereocenters. The summed E-state index contributed by atoms with van der Waals surface area (Å²) < 4.78 is 25.9. The Morgan fingerprint density at radius 3 is 2.65 bits per heavy atom. The number of rotatable bonds is 5. The first-order valence-electron chi connectivity index (χ1n) is 6.50. The summed E-state index contributed by atoms with van der Waals surface area (Å²) in [5.74, 6) is -2.52. The van der Waals surface area contributed by atoms with Crippen LogP contribution in [0.15, 0.2) is 41.3 Å². The lowest BCUT2D eigenvalue weighted by Gasteiger charge is -2.09. The Labute approximate surface area is 134 Å². The van der Waals surface area contributed by atoms with Crippen molar-refractivity contribution < 1.29 is 18.5 Å². The molecule has 2 aromatic rings. The van der Waals surface area contributed by atoms with Crippen molar-refractivity contribution in [2.24, 2.45) is 0 Å². The van der Waals surface area contributed by atoms with Crippen molar-refractivity contribution in [1.29, 1.82) is 0 Å². The number of aryl methyl sites for hydroxylation is 1. The fraction of sp³-hybridized carbons (Fsp3) is 0.133. The number of hydrogen-bond donors (Lipinski definition) is 1. The Hall–Kier alpha value is -2.48. The molecule has 0 radical (unpaired) electrons. The lowest BCUT2D eigenvalue weighted by molar-refractivity contribution is -0.384. The molecule has 0 spiro atoms. The Morgan fingerprint density at radius 1 is 1.26 bits per heavy atom. The van der Waals surface area contributed by atoms with Crippen LogP contribution in [0.2, 0.25) is 0 Å². The molecule has 0 aliphatic rings. The lowest BCUT2D eigenvalue weighted by atomic mass is 10.1. The van der Waals surface area contributed by atoms with Gasteiger partial charge >= 0.3 is 0 Å². The van der Waals surface area contributed by atoms with Gasteiger partial charge < -0.3 is 5.32 Å². The standard InChI is InChI=1S/C15H12F2N2O3S/c1-9-3-2-4-13(19(21)22)15(9)18-14(20)8-23-10-5-6-11(16)12(17)7-10/h2-7H,8H2,1H3,(H,18,20). The molecular weight excluding hydrogens is 326 g/mol. The second-order valence-corrected chi connectivity index (χ2v) is 5.69. The maximum absolute atomic E-state index is 13.1. The first kappa shape index (κ1) is 16.9. The number of para-hydroxylation sites is 1. The maximum Gasteiger partial charge on any atom is 0.293 e. The van der Waals surface area contributed by atoms with Crippen molar-refractivity contribution in [3.05, 3.63) is 63.7 Å². The third-order valence-electron chi connectivity index (χ3n) is 2.97. The fourth-order valence-electron chi connectivity index (χ4n) is 1.86. The van der Waals surface area contributed by atoms with Gasteiger partial charge in [-0.1, -0.05) is 12.1 Å². The molecule has 0 aromatic heterocycles. The molecule has 1 N–H and O–H groups in total. The van der Waals surface area contributed by atoms with Crippen LogP contribution in [0.5, 0.6) is 0 Å². The van der Waals surface area contributed by atoms with E-state index >= 15 is 0 Å². The van der Waals surface area contributed by atoms with Crippen LogP contribution in [0.25, 0.3) is 0 Å². The summed E-state index contributed by atoms with van der Waals surface area (Å²) in [6, 6.07) is 7.78. The van der Waals surface area contributed by atoms with E-state index in [1.54, 1.807) is 13.0 Å². The highest BCUT2D eigenvalue weighted by atomic mass is 32.2. The summed E-state index contributed by atoms with van der Waals surface area (Å²) in [6.07, 6.45) is 0. The molecule has 23 heavy (non-hydrogen) atoms. The number of nitro benzene ring substituents is 1. The smallest absolute Gasteiger partial charge is 0.293 e. The maximum atomic E-state index is 13.1. The van der Waals surface area contributed by atoms with Crippen molar-refractivity contribution in [2.45, 2.75) is 11.8 Å². The van der Waals surface area contributed by atoms with E-state index in [4.69, 9.17) is 0 Å². The van der Waals surface area contributed by atoms with Crippen LogP contribution in [0.1, 0.15) is 5.56 Å². The van der Waals surface area contributed by atoms with Gasteiger partial charge in [0.15, 0.2) is 11.6 Å². The van der Waals surface area contributed by atoms with Crippen molar-refractivity contribution in [1.82, 2.24) is 0 Å². The van der Waals surface area contributed by atoms with Crippen LogP contribution in [0, 0.1) is 28.7 Å². The average Bonchev–Trinajstić information content (AvgIpc) is 2.50. The largest absolute Gasteiger partial charge is 0.319 e. The highest BCUT2D eigenvalue weighted by Crippen LogP contribution is 2.28. The van der Waals surface area contributed by atoms with Crippen LogP contribution < -0.4 is 5.32 Å². The number of nitro groups is 1. The highest BCUT2D eigenvalue weighted by molar-refractivity contribution is 8.00. The van der Waals surface area contributed by atoms with Gasteiger partial charge in [-0.15, -0.1) is 11.8 Å².